The first-order valence-corrected chi connectivity index (χ1v) is 6.83. The summed E-state index contributed by atoms with van der Waals surface area (Å²) in [6, 6.07) is 1.12. The van der Waals surface area contributed by atoms with E-state index in [2.05, 4.69) is 26.7 Å². The maximum Gasteiger partial charge on any atom is 0.171 e. The fourth-order valence-electron chi connectivity index (χ4n) is 3.21. The highest BCUT2D eigenvalue weighted by Crippen LogP contribution is 2.28. The summed E-state index contributed by atoms with van der Waals surface area (Å²) in [5, 5.41) is 0. The molecular weight excluding hydrogens is 226 g/mol. The van der Waals surface area contributed by atoms with E-state index in [0.29, 0.717) is 17.9 Å². The summed E-state index contributed by atoms with van der Waals surface area (Å²) in [5.41, 5.74) is 5.95. The van der Waals surface area contributed by atoms with E-state index in [4.69, 9.17) is 5.73 Å². The Bertz CT molecular complexity index is 422. The Morgan fingerprint density at radius 1 is 1.22 bits per heavy atom. The first-order chi connectivity index (χ1) is 8.75. The smallest absolute Gasteiger partial charge is 0.171 e. The van der Waals surface area contributed by atoms with Crippen LogP contribution in [0.1, 0.15) is 26.2 Å². The predicted molar refractivity (Wildman–Crippen MR) is 72.5 cm³/mol. The molecule has 1 aromatic heterocycles. The molecule has 0 aliphatic carbocycles. The lowest BCUT2D eigenvalue weighted by Crippen LogP contribution is -2.59. The minimum absolute atomic E-state index is 0.457. The van der Waals surface area contributed by atoms with E-state index in [1.807, 2.05) is 0 Å². The van der Waals surface area contributed by atoms with Gasteiger partial charge in [0.1, 0.15) is 0 Å². The number of piperazine rings is 1. The highest BCUT2D eigenvalue weighted by atomic mass is 15.3. The SMILES string of the molecule is CC1CN2CCCCC2CN1c1nccnc1N. The molecule has 0 bridgehead atoms. The second kappa shape index (κ2) is 4.72. The number of anilines is 2. The molecule has 5 nitrogen and oxygen atoms in total. The van der Waals surface area contributed by atoms with E-state index >= 15 is 0 Å². The van der Waals surface area contributed by atoms with Gasteiger partial charge in [0, 0.05) is 37.6 Å². The van der Waals surface area contributed by atoms with Crippen molar-refractivity contribution in [2.75, 3.05) is 30.3 Å². The number of aromatic nitrogens is 2. The molecule has 3 heterocycles. The second-order valence-electron chi connectivity index (χ2n) is 5.41. The average Bonchev–Trinajstić information content (AvgIpc) is 2.39. The Hall–Kier alpha value is -1.36. The van der Waals surface area contributed by atoms with Gasteiger partial charge in [-0.2, -0.15) is 0 Å². The Balaban J connectivity index is 1.82. The van der Waals surface area contributed by atoms with Crippen molar-refractivity contribution in [1.29, 1.82) is 0 Å². The number of hydrogen-bond acceptors (Lipinski definition) is 5. The van der Waals surface area contributed by atoms with Crippen LogP contribution >= 0.6 is 0 Å². The largest absolute Gasteiger partial charge is 0.381 e. The molecule has 0 radical (unpaired) electrons. The van der Waals surface area contributed by atoms with Crippen LogP contribution < -0.4 is 10.6 Å². The van der Waals surface area contributed by atoms with Crippen LogP contribution in [0.3, 0.4) is 0 Å². The van der Waals surface area contributed by atoms with Crippen LogP contribution in [0.2, 0.25) is 0 Å². The maximum absolute atomic E-state index is 5.95. The molecule has 5 heteroatoms. The van der Waals surface area contributed by atoms with Gasteiger partial charge in [0.05, 0.1) is 0 Å². The van der Waals surface area contributed by atoms with E-state index in [9.17, 15) is 0 Å². The van der Waals surface area contributed by atoms with Gasteiger partial charge in [-0.3, -0.25) is 4.90 Å². The van der Waals surface area contributed by atoms with Crippen LogP contribution in [0.4, 0.5) is 11.6 Å². The molecule has 2 fully saturated rings. The summed E-state index contributed by atoms with van der Waals surface area (Å²) in [5.74, 6) is 1.41. The van der Waals surface area contributed by atoms with Crippen molar-refractivity contribution in [3.05, 3.63) is 12.4 Å². The third kappa shape index (κ3) is 2.03. The van der Waals surface area contributed by atoms with Crippen LogP contribution in [0.15, 0.2) is 12.4 Å². The van der Waals surface area contributed by atoms with E-state index in [1.165, 1.54) is 25.8 Å². The van der Waals surface area contributed by atoms with Gasteiger partial charge < -0.3 is 10.6 Å². The molecule has 0 spiro atoms. The molecule has 2 aliphatic rings. The van der Waals surface area contributed by atoms with Crippen molar-refractivity contribution < 1.29 is 0 Å². The number of nitrogens with two attached hydrogens (primary N) is 1. The molecule has 1 aromatic rings. The van der Waals surface area contributed by atoms with Crippen molar-refractivity contribution in [3.63, 3.8) is 0 Å². The zero-order valence-corrected chi connectivity index (χ0v) is 10.9. The van der Waals surface area contributed by atoms with Crippen molar-refractivity contribution in [1.82, 2.24) is 14.9 Å². The van der Waals surface area contributed by atoms with Crippen LogP contribution in [0.5, 0.6) is 0 Å². The van der Waals surface area contributed by atoms with Gasteiger partial charge in [0.15, 0.2) is 11.6 Å². The van der Waals surface area contributed by atoms with Crippen molar-refractivity contribution in [2.45, 2.75) is 38.3 Å². The van der Waals surface area contributed by atoms with Gasteiger partial charge in [-0.05, 0) is 26.3 Å². The molecule has 2 N–H and O–H groups in total. The number of piperidine rings is 1. The number of fused-ring (bicyclic) bond motifs is 1. The van der Waals surface area contributed by atoms with Gasteiger partial charge in [-0.25, -0.2) is 9.97 Å². The molecule has 0 amide bonds. The first kappa shape index (κ1) is 11.7. The van der Waals surface area contributed by atoms with Gasteiger partial charge in [-0.15, -0.1) is 0 Å². The van der Waals surface area contributed by atoms with E-state index in [1.54, 1.807) is 12.4 Å². The summed E-state index contributed by atoms with van der Waals surface area (Å²) in [6.45, 7) is 5.64. The molecule has 0 aromatic carbocycles. The van der Waals surface area contributed by atoms with Crippen LogP contribution in [-0.4, -0.2) is 46.6 Å². The fraction of sp³-hybridized carbons (Fsp3) is 0.692. The quantitative estimate of drug-likeness (QED) is 0.806. The summed E-state index contributed by atoms with van der Waals surface area (Å²) >= 11 is 0. The lowest BCUT2D eigenvalue weighted by molar-refractivity contribution is 0.115. The van der Waals surface area contributed by atoms with Crippen LogP contribution in [-0.2, 0) is 0 Å². The summed E-state index contributed by atoms with van der Waals surface area (Å²) in [6.07, 6.45) is 7.37. The van der Waals surface area contributed by atoms with E-state index in [0.717, 1.165) is 18.9 Å². The van der Waals surface area contributed by atoms with Crippen molar-refractivity contribution in [2.24, 2.45) is 0 Å². The molecular formula is C13H21N5. The molecule has 2 aliphatic heterocycles. The number of hydrogen-bond donors (Lipinski definition) is 1. The van der Waals surface area contributed by atoms with Crippen molar-refractivity contribution in [3.8, 4) is 0 Å². The third-order valence-electron chi connectivity index (χ3n) is 4.17. The minimum atomic E-state index is 0.457. The Kier molecular flexibility index (Phi) is 3.07. The normalized spacial score (nSPS) is 29.1. The highest BCUT2D eigenvalue weighted by Gasteiger charge is 2.34. The lowest BCUT2D eigenvalue weighted by atomic mass is 9.97. The zero-order chi connectivity index (χ0) is 12.5. The monoisotopic (exact) mass is 247 g/mol. The molecule has 2 saturated heterocycles. The zero-order valence-electron chi connectivity index (χ0n) is 10.9. The number of nitrogens with zero attached hydrogens (tertiary/aromatic N) is 4. The Labute approximate surface area is 108 Å². The molecule has 2 atom stereocenters. The average molecular weight is 247 g/mol. The molecule has 98 valence electrons. The number of nitrogen functional groups attached to an aromatic ring is 1. The predicted octanol–water partition coefficient (Wildman–Crippen LogP) is 1.12. The molecule has 18 heavy (non-hydrogen) atoms. The topological polar surface area (TPSA) is 58.3 Å². The Morgan fingerprint density at radius 3 is 2.89 bits per heavy atom. The second-order valence-corrected chi connectivity index (χ2v) is 5.41. The van der Waals surface area contributed by atoms with Crippen LogP contribution in [0, 0.1) is 0 Å². The summed E-state index contributed by atoms with van der Waals surface area (Å²) < 4.78 is 0. The van der Waals surface area contributed by atoms with Crippen molar-refractivity contribution >= 4 is 11.6 Å². The molecule has 2 unspecified atom stereocenters. The lowest BCUT2D eigenvalue weighted by Gasteiger charge is -2.48. The number of rotatable bonds is 1. The summed E-state index contributed by atoms with van der Waals surface area (Å²) in [7, 11) is 0. The van der Waals surface area contributed by atoms with Gasteiger partial charge >= 0.3 is 0 Å². The fourth-order valence-corrected chi connectivity index (χ4v) is 3.21. The van der Waals surface area contributed by atoms with Gasteiger partial charge in [0.25, 0.3) is 0 Å². The summed E-state index contributed by atoms with van der Waals surface area (Å²) in [4.78, 5) is 13.5. The van der Waals surface area contributed by atoms with Gasteiger partial charge in [0.2, 0.25) is 0 Å². The van der Waals surface area contributed by atoms with E-state index < -0.39 is 0 Å². The van der Waals surface area contributed by atoms with Gasteiger partial charge in [-0.1, -0.05) is 6.42 Å². The Morgan fingerprint density at radius 2 is 2.06 bits per heavy atom. The molecule has 0 saturated carbocycles. The van der Waals surface area contributed by atoms with Crippen LogP contribution in [0.25, 0.3) is 0 Å². The molecule has 3 rings (SSSR count). The first-order valence-electron chi connectivity index (χ1n) is 6.83. The maximum atomic E-state index is 5.95. The van der Waals surface area contributed by atoms with E-state index in [-0.39, 0.29) is 0 Å². The minimum Gasteiger partial charge on any atom is -0.381 e. The highest BCUT2D eigenvalue weighted by molar-refractivity contribution is 5.58. The standard InChI is InChI=1S/C13H21N5/c1-10-8-17-7-3-2-4-11(17)9-18(10)13-12(14)15-5-6-16-13/h5-6,10-11H,2-4,7-9H2,1H3,(H2,14,15). The third-order valence-corrected chi connectivity index (χ3v) is 4.17.